The summed E-state index contributed by atoms with van der Waals surface area (Å²) in [6, 6.07) is 0. The van der Waals surface area contributed by atoms with Gasteiger partial charge in [0.2, 0.25) is 17.8 Å². The lowest BCUT2D eigenvalue weighted by molar-refractivity contribution is 0.292. The highest BCUT2D eigenvalue weighted by Gasteiger charge is 2.04. The van der Waals surface area contributed by atoms with Crippen molar-refractivity contribution in [2.24, 2.45) is 0 Å². The fourth-order valence-corrected chi connectivity index (χ4v) is 1.68. The monoisotopic (exact) mass is 282 g/mol. The molecule has 0 aliphatic carbocycles. The number of aliphatic hydroxyl groups is 1. The summed E-state index contributed by atoms with van der Waals surface area (Å²) in [4.78, 5) is 12.8. The Morgan fingerprint density at radius 2 is 1.45 bits per heavy atom. The molecule has 0 bridgehead atoms. The molecule has 0 spiro atoms. The van der Waals surface area contributed by atoms with Gasteiger partial charge in [0.25, 0.3) is 0 Å². The van der Waals surface area contributed by atoms with Crippen LogP contribution in [0.2, 0.25) is 0 Å². The van der Waals surface area contributed by atoms with Gasteiger partial charge in [-0.1, -0.05) is 26.2 Å². The number of aliphatic hydroxyl groups excluding tert-OH is 1. The van der Waals surface area contributed by atoms with Crippen molar-refractivity contribution in [3.63, 3.8) is 0 Å². The Morgan fingerprint density at radius 3 is 2.00 bits per heavy atom. The van der Waals surface area contributed by atoms with Crippen molar-refractivity contribution in [3.8, 4) is 0 Å². The predicted molar refractivity (Wildman–Crippen MR) is 82.2 cm³/mol. The van der Waals surface area contributed by atoms with E-state index in [9.17, 15) is 0 Å². The zero-order valence-corrected chi connectivity index (χ0v) is 12.4. The first-order chi connectivity index (χ1) is 9.80. The molecule has 0 unspecified atom stereocenters. The third-order valence-electron chi connectivity index (χ3n) is 2.79. The number of anilines is 3. The van der Waals surface area contributed by atoms with Crippen LogP contribution in [-0.2, 0) is 0 Å². The Balaban J connectivity index is 2.49. The minimum absolute atomic E-state index is 0.152. The molecular formula is C13H26N6O. The number of nitrogens with one attached hydrogen (secondary N) is 3. The Hall–Kier alpha value is -1.63. The number of hydrogen-bond donors (Lipinski definition) is 4. The van der Waals surface area contributed by atoms with Crippen LogP contribution in [0.3, 0.4) is 0 Å². The third kappa shape index (κ3) is 6.51. The van der Waals surface area contributed by atoms with Gasteiger partial charge in [-0.25, -0.2) is 0 Å². The molecule has 7 heteroatoms. The van der Waals surface area contributed by atoms with Crippen molar-refractivity contribution in [2.45, 2.75) is 39.0 Å². The second kappa shape index (κ2) is 10.2. The summed E-state index contributed by atoms with van der Waals surface area (Å²) in [5.74, 6) is 1.63. The maximum absolute atomic E-state index is 8.77. The molecule has 4 N–H and O–H groups in total. The van der Waals surface area contributed by atoms with Gasteiger partial charge in [0, 0.05) is 26.7 Å². The lowest BCUT2D eigenvalue weighted by Crippen LogP contribution is -2.13. The summed E-state index contributed by atoms with van der Waals surface area (Å²) in [6.45, 7) is 3.85. The Bertz CT molecular complexity index is 374. The molecule has 0 saturated heterocycles. The molecular weight excluding hydrogens is 256 g/mol. The average Bonchev–Trinajstić information content (AvgIpc) is 2.47. The minimum Gasteiger partial charge on any atom is -0.396 e. The van der Waals surface area contributed by atoms with Gasteiger partial charge < -0.3 is 21.1 Å². The third-order valence-corrected chi connectivity index (χ3v) is 2.79. The summed E-state index contributed by atoms with van der Waals surface area (Å²) in [6.07, 6.45) is 5.49. The molecule has 0 saturated carbocycles. The quantitative estimate of drug-likeness (QED) is 0.459. The summed E-state index contributed by atoms with van der Waals surface area (Å²) in [5, 5.41) is 18.0. The molecule has 1 aromatic rings. The first kappa shape index (κ1) is 16.4. The molecule has 1 heterocycles. The van der Waals surface area contributed by atoms with Gasteiger partial charge in [0.05, 0.1) is 0 Å². The topological polar surface area (TPSA) is 95.0 Å². The molecule has 0 aromatic carbocycles. The van der Waals surface area contributed by atoms with E-state index in [1.165, 1.54) is 19.3 Å². The highest BCUT2D eigenvalue weighted by Crippen LogP contribution is 2.09. The fourth-order valence-electron chi connectivity index (χ4n) is 1.68. The molecule has 0 aliphatic heterocycles. The first-order valence-corrected chi connectivity index (χ1v) is 7.32. The lowest BCUT2D eigenvalue weighted by atomic mass is 10.2. The van der Waals surface area contributed by atoms with E-state index in [4.69, 9.17) is 5.11 Å². The van der Waals surface area contributed by atoms with E-state index < -0.39 is 0 Å². The maximum Gasteiger partial charge on any atom is 0.229 e. The van der Waals surface area contributed by atoms with Crippen LogP contribution in [0.4, 0.5) is 17.8 Å². The Kier molecular flexibility index (Phi) is 8.37. The molecule has 20 heavy (non-hydrogen) atoms. The van der Waals surface area contributed by atoms with Crippen LogP contribution in [0.5, 0.6) is 0 Å². The fraction of sp³-hybridized carbons (Fsp3) is 0.769. The van der Waals surface area contributed by atoms with Crippen molar-refractivity contribution in [1.82, 2.24) is 15.0 Å². The number of hydrogen-bond acceptors (Lipinski definition) is 7. The molecule has 114 valence electrons. The maximum atomic E-state index is 8.77. The number of aromatic nitrogens is 3. The van der Waals surface area contributed by atoms with Crippen molar-refractivity contribution in [3.05, 3.63) is 0 Å². The van der Waals surface area contributed by atoms with Gasteiger partial charge in [-0.3, -0.25) is 0 Å². The summed E-state index contributed by atoms with van der Waals surface area (Å²) >= 11 is 0. The number of nitrogens with zero attached hydrogens (tertiary/aromatic N) is 3. The van der Waals surface area contributed by atoms with Crippen molar-refractivity contribution in [2.75, 3.05) is 42.7 Å². The summed E-state index contributed by atoms with van der Waals surface area (Å²) < 4.78 is 0. The van der Waals surface area contributed by atoms with E-state index in [2.05, 4.69) is 37.8 Å². The molecule has 0 amide bonds. The van der Waals surface area contributed by atoms with Gasteiger partial charge in [-0.05, 0) is 12.8 Å². The van der Waals surface area contributed by atoms with Gasteiger partial charge >= 0.3 is 0 Å². The number of rotatable bonds is 11. The van der Waals surface area contributed by atoms with Crippen molar-refractivity contribution >= 4 is 17.8 Å². The van der Waals surface area contributed by atoms with Crippen LogP contribution in [0.1, 0.15) is 39.0 Å². The Morgan fingerprint density at radius 1 is 0.850 bits per heavy atom. The zero-order valence-electron chi connectivity index (χ0n) is 12.4. The lowest BCUT2D eigenvalue weighted by Gasteiger charge is -2.09. The van der Waals surface area contributed by atoms with Gasteiger partial charge in [-0.2, -0.15) is 15.0 Å². The molecule has 0 fully saturated rings. The SMILES string of the molecule is CCCCCCNc1nc(NC)nc(NCCCO)n1. The first-order valence-electron chi connectivity index (χ1n) is 7.32. The molecule has 1 rings (SSSR count). The van der Waals surface area contributed by atoms with E-state index in [1.807, 2.05) is 0 Å². The molecule has 0 aliphatic rings. The van der Waals surface area contributed by atoms with E-state index in [1.54, 1.807) is 7.05 Å². The predicted octanol–water partition coefficient (Wildman–Crippen LogP) is 1.70. The minimum atomic E-state index is 0.152. The highest BCUT2D eigenvalue weighted by molar-refractivity contribution is 5.41. The van der Waals surface area contributed by atoms with Crippen molar-refractivity contribution < 1.29 is 5.11 Å². The second-order valence-electron chi connectivity index (χ2n) is 4.55. The van der Waals surface area contributed by atoms with Crippen LogP contribution in [0.15, 0.2) is 0 Å². The summed E-state index contributed by atoms with van der Waals surface area (Å²) in [7, 11) is 1.78. The van der Waals surface area contributed by atoms with Gasteiger partial charge in [-0.15, -0.1) is 0 Å². The summed E-state index contributed by atoms with van der Waals surface area (Å²) in [5.41, 5.74) is 0. The second-order valence-corrected chi connectivity index (χ2v) is 4.55. The van der Waals surface area contributed by atoms with E-state index >= 15 is 0 Å². The van der Waals surface area contributed by atoms with Crippen LogP contribution >= 0.6 is 0 Å². The normalized spacial score (nSPS) is 10.3. The molecule has 0 radical (unpaired) electrons. The van der Waals surface area contributed by atoms with E-state index in [0.29, 0.717) is 30.8 Å². The van der Waals surface area contributed by atoms with Crippen LogP contribution in [0.25, 0.3) is 0 Å². The van der Waals surface area contributed by atoms with Gasteiger partial charge in [0.15, 0.2) is 0 Å². The molecule has 0 atom stereocenters. The van der Waals surface area contributed by atoms with Crippen LogP contribution in [-0.4, -0.2) is 46.8 Å². The molecule has 1 aromatic heterocycles. The average molecular weight is 282 g/mol. The Labute approximate surface area is 120 Å². The molecule has 7 nitrogen and oxygen atoms in total. The zero-order chi connectivity index (χ0) is 14.6. The van der Waals surface area contributed by atoms with Gasteiger partial charge in [0.1, 0.15) is 0 Å². The van der Waals surface area contributed by atoms with Crippen LogP contribution < -0.4 is 16.0 Å². The largest absolute Gasteiger partial charge is 0.396 e. The van der Waals surface area contributed by atoms with E-state index in [-0.39, 0.29) is 6.61 Å². The standard InChI is InChI=1S/C13H26N6O/c1-3-4-5-6-8-15-12-17-11(14-2)18-13(19-12)16-9-7-10-20/h20H,3-10H2,1-2H3,(H3,14,15,16,17,18,19). The smallest absolute Gasteiger partial charge is 0.229 e. The highest BCUT2D eigenvalue weighted by atomic mass is 16.3. The van der Waals surface area contributed by atoms with Crippen LogP contribution in [0, 0.1) is 0 Å². The van der Waals surface area contributed by atoms with Crippen molar-refractivity contribution in [1.29, 1.82) is 0 Å². The number of unbranched alkanes of at least 4 members (excludes halogenated alkanes) is 3. The van der Waals surface area contributed by atoms with E-state index in [0.717, 1.165) is 13.0 Å².